The Hall–Kier alpha value is -3.20. The molecule has 8 heteroatoms. The van der Waals surface area contributed by atoms with Gasteiger partial charge in [-0.25, -0.2) is 4.39 Å². The summed E-state index contributed by atoms with van der Waals surface area (Å²) >= 11 is 1.56. The van der Waals surface area contributed by atoms with Crippen LogP contribution in [0.15, 0.2) is 54.7 Å². The zero-order valence-electron chi connectivity index (χ0n) is 18.9. The number of morpholine rings is 1. The number of aryl methyl sites for hydroxylation is 1. The lowest BCUT2D eigenvalue weighted by Gasteiger charge is -2.26. The highest BCUT2D eigenvalue weighted by atomic mass is 32.1. The number of anilines is 1. The summed E-state index contributed by atoms with van der Waals surface area (Å²) in [6, 6.07) is 14.4. The lowest BCUT2D eigenvalue weighted by atomic mass is 10.1. The molecule has 1 fully saturated rings. The summed E-state index contributed by atoms with van der Waals surface area (Å²) in [4.78, 5) is 7.88. The van der Waals surface area contributed by atoms with Crippen LogP contribution in [0, 0.1) is 12.7 Å². The van der Waals surface area contributed by atoms with Gasteiger partial charge >= 0.3 is 0 Å². The summed E-state index contributed by atoms with van der Waals surface area (Å²) < 4.78 is 32.4. The average molecular weight is 480 g/mol. The van der Waals surface area contributed by atoms with Crippen molar-refractivity contribution in [2.45, 2.75) is 6.92 Å². The number of nitrogen functional groups attached to an aromatic ring is 1. The average Bonchev–Trinajstić information content (AvgIpc) is 3.28. The summed E-state index contributed by atoms with van der Waals surface area (Å²) in [6.07, 6.45) is 1.67. The molecule has 5 rings (SSSR count). The fourth-order valence-electron chi connectivity index (χ4n) is 3.93. The largest absolute Gasteiger partial charge is 0.492 e. The Bertz CT molecular complexity index is 1300. The molecule has 1 saturated heterocycles. The van der Waals surface area contributed by atoms with Crippen molar-refractivity contribution in [2.75, 3.05) is 45.2 Å². The Morgan fingerprint density at radius 3 is 2.68 bits per heavy atom. The zero-order chi connectivity index (χ0) is 23.5. The minimum atomic E-state index is -0.499. The number of thiophene rings is 1. The third kappa shape index (κ3) is 4.99. The van der Waals surface area contributed by atoms with Crippen LogP contribution in [0.2, 0.25) is 0 Å². The highest BCUT2D eigenvalue weighted by molar-refractivity contribution is 7.22. The maximum absolute atomic E-state index is 14.2. The first kappa shape index (κ1) is 22.6. The number of hydrogen-bond acceptors (Lipinski definition) is 7. The minimum Gasteiger partial charge on any atom is -0.492 e. The molecule has 0 saturated carbocycles. The fraction of sp³-hybridized carbons (Fsp3) is 0.269. The SMILES string of the molecule is Cc1cc(-c2cc3nccc(Oc4ccc(N)cc4F)c3s2)ccc1OCCN1CCOCC1. The summed E-state index contributed by atoms with van der Waals surface area (Å²) in [7, 11) is 0. The maximum atomic E-state index is 14.2. The predicted octanol–water partition coefficient (Wildman–Crippen LogP) is 5.50. The number of benzene rings is 2. The Kier molecular flexibility index (Phi) is 6.62. The van der Waals surface area contributed by atoms with E-state index in [0.29, 0.717) is 18.0 Å². The quantitative estimate of drug-likeness (QED) is 0.353. The van der Waals surface area contributed by atoms with E-state index in [-0.39, 0.29) is 5.75 Å². The first-order valence-electron chi connectivity index (χ1n) is 11.2. The van der Waals surface area contributed by atoms with Crippen molar-refractivity contribution in [1.82, 2.24) is 9.88 Å². The molecule has 34 heavy (non-hydrogen) atoms. The highest BCUT2D eigenvalue weighted by Crippen LogP contribution is 2.40. The molecule has 0 unspecified atom stereocenters. The number of nitrogens with zero attached hydrogens (tertiary/aromatic N) is 2. The molecule has 2 aromatic heterocycles. The van der Waals surface area contributed by atoms with Gasteiger partial charge in [0.05, 0.1) is 23.4 Å². The Labute approximate surface area is 201 Å². The Balaban J connectivity index is 1.32. The molecule has 0 spiro atoms. The van der Waals surface area contributed by atoms with Gasteiger partial charge in [0.2, 0.25) is 0 Å². The van der Waals surface area contributed by atoms with Crippen LogP contribution in [0.3, 0.4) is 0 Å². The van der Waals surface area contributed by atoms with Gasteiger partial charge in [-0.1, -0.05) is 0 Å². The molecule has 4 aromatic rings. The van der Waals surface area contributed by atoms with Crippen molar-refractivity contribution < 1.29 is 18.6 Å². The molecular weight excluding hydrogens is 453 g/mol. The van der Waals surface area contributed by atoms with Crippen LogP contribution < -0.4 is 15.2 Å². The normalized spacial score (nSPS) is 14.4. The van der Waals surface area contributed by atoms with Crippen molar-refractivity contribution in [3.63, 3.8) is 0 Å². The molecule has 2 aromatic carbocycles. The second-order valence-corrected chi connectivity index (χ2v) is 9.26. The fourth-order valence-corrected chi connectivity index (χ4v) is 4.99. The van der Waals surface area contributed by atoms with Gasteiger partial charge in [0.15, 0.2) is 11.6 Å². The predicted molar refractivity (Wildman–Crippen MR) is 133 cm³/mol. The second kappa shape index (κ2) is 9.97. The van der Waals surface area contributed by atoms with Crippen molar-refractivity contribution in [1.29, 1.82) is 0 Å². The lowest BCUT2D eigenvalue weighted by molar-refractivity contribution is 0.0322. The third-order valence-electron chi connectivity index (χ3n) is 5.78. The van der Waals surface area contributed by atoms with Gasteiger partial charge in [-0.2, -0.15) is 0 Å². The summed E-state index contributed by atoms with van der Waals surface area (Å²) in [6.45, 7) is 7.09. The monoisotopic (exact) mass is 479 g/mol. The van der Waals surface area contributed by atoms with E-state index in [1.54, 1.807) is 29.7 Å². The van der Waals surface area contributed by atoms with Crippen LogP contribution in [0.1, 0.15) is 5.56 Å². The van der Waals surface area contributed by atoms with Gasteiger partial charge in [0, 0.05) is 48.5 Å². The van der Waals surface area contributed by atoms with Crippen LogP contribution in [-0.2, 0) is 4.74 Å². The molecule has 0 atom stereocenters. The molecular formula is C26H26FN3O3S. The Morgan fingerprint density at radius 1 is 1.06 bits per heavy atom. The van der Waals surface area contributed by atoms with E-state index in [9.17, 15) is 4.39 Å². The van der Waals surface area contributed by atoms with Crippen molar-refractivity contribution in [3.05, 3.63) is 66.1 Å². The lowest BCUT2D eigenvalue weighted by Crippen LogP contribution is -2.38. The van der Waals surface area contributed by atoms with E-state index in [0.717, 1.165) is 64.8 Å². The number of hydrogen-bond donors (Lipinski definition) is 1. The second-order valence-electron chi connectivity index (χ2n) is 8.21. The number of ether oxygens (including phenoxy) is 3. The molecule has 1 aliphatic rings. The van der Waals surface area contributed by atoms with Gasteiger partial charge in [0.25, 0.3) is 0 Å². The van der Waals surface area contributed by atoms with E-state index in [1.165, 1.54) is 12.1 Å². The van der Waals surface area contributed by atoms with Crippen LogP contribution in [0.4, 0.5) is 10.1 Å². The molecule has 0 bridgehead atoms. The van der Waals surface area contributed by atoms with Gasteiger partial charge in [0.1, 0.15) is 18.1 Å². The van der Waals surface area contributed by atoms with Gasteiger partial charge in [-0.15, -0.1) is 11.3 Å². The number of aromatic nitrogens is 1. The number of pyridine rings is 1. The number of nitrogens with two attached hydrogens (primary N) is 1. The van der Waals surface area contributed by atoms with Gasteiger partial charge < -0.3 is 19.9 Å². The number of fused-ring (bicyclic) bond motifs is 1. The number of halogens is 1. The third-order valence-corrected chi connectivity index (χ3v) is 6.97. The minimum absolute atomic E-state index is 0.131. The van der Waals surface area contributed by atoms with E-state index < -0.39 is 5.82 Å². The van der Waals surface area contributed by atoms with Crippen LogP contribution in [0.5, 0.6) is 17.2 Å². The molecule has 0 amide bonds. The molecule has 3 heterocycles. The van der Waals surface area contributed by atoms with Crippen LogP contribution in [-0.4, -0.2) is 49.3 Å². The molecule has 2 N–H and O–H groups in total. The van der Waals surface area contributed by atoms with Crippen LogP contribution in [0.25, 0.3) is 20.7 Å². The van der Waals surface area contributed by atoms with Crippen molar-refractivity contribution in [2.24, 2.45) is 0 Å². The van der Waals surface area contributed by atoms with E-state index in [1.807, 2.05) is 12.1 Å². The molecule has 0 radical (unpaired) electrons. The highest BCUT2D eigenvalue weighted by Gasteiger charge is 2.14. The zero-order valence-corrected chi connectivity index (χ0v) is 19.7. The van der Waals surface area contributed by atoms with Crippen LogP contribution >= 0.6 is 11.3 Å². The van der Waals surface area contributed by atoms with E-state index >= 15 is 0 Å². The molecule has 0 aliphatic carbocycles. The first-order chi connectivity index (χ1) is 16.6. The number of rotatable bonds is 7. The maximum Gasteiger partial charge on any atom is 0.167 e. The standard InChI is InChI=1S/C26H26FN3O3S/c1-17-14-18(2-4-22(17)32-13-10-30-8-11-31-12-9-30)25-16-21-26(34-25)24(6-7-29-21)33-23-5-3-19(28)15-20(23)27/h2-7,14-16H,8-13,28H2,1H3. The summed E-state index contributed by atoms with van der Waals surface area (Å²) in [5.41, 5.74) is 8.95. The summed E-state index contributed by atoms with van der Waals surface area (Å²) in [5.74, 6) is 1.08. The van der Waals surface area contributed by atoms with Gasteiger partial charge in [-0.05, 0) is 54.4 Å². The molecule has 1 aliphatic heterocycles. The first-order valence-corrected chi connectivity index (χ1v) is 12.0. The van der Waals surface area contributed by atoms with Crippen molar-refractivity contribution >= 4 is 27.2 Å². The van der Waals surface area contributed by atoms with Crippen molar-refractivity contribution in [3.8, 4) is 27.7 Å². The topological polar surface area (TPSA) is 69.8 Å². The van der Waals surface area contributed by atoms with E-state index in [4.69, 9.17) is 19.9 Å². The van der Waals surface area contributed by atoms with E-state index in [2.05, 4.69) is 28.9 Å². The van der Waals surface area contributed by atoms with Gasteiger partial charge in [-0.3, -0.25) is 9.88 Å². The smallest absolute Gasteiger partial charge is 0.167 e. The molecule has 6 nitrogen and oxygen atoms in total. The Morgan fingerprint density at radius 2 is 1.88 bits per heavy atom. The summed E-state index contributed by atoms with van der Waals surface area (Å²) in [5, 5.41) is 0. The molecule has 176 valence electrons.